The number of benzene rings is 1. The maximum atomic E-state index is 11.6. The number of nitrogens with one attached hydrogen (secondary N) is 1. The number of aliphatic carboxylic acids is 1. The van der Waals surface area contributed by atoms with Crippen LogP contribution in [0.3, 0.4) is 0 Å². The molecular formula is C18H27NO6. The van der Waals surface area contributed by atoms with E-state index in [2.05, 4.69) is 5.32 Å². The van der Waals surface area contributed by atoms with Gasteiger partial charge in [0.15, 0.2) is 0 Å². The minimum absolute atomic E-state index is 0.254. The van der Waals surface area contributed by atoms with Gasteiger partial charge >= 0.3 is 11.9 Å². The van der Waals surface area contributed by atoms with E-state index in [4.69, 9.17) is 19.3 Å². The number of anilines is 1. The van der Waals surface area contributed by atoms with Gasteiger partial charge in [-0.2, -0.15) is 0 Å². The number of carboxylic acids is 1. The van der Waals surface area contributed by atoms with E-state index in [1.54, 1.807) is 25.1 Å². The average molecular weight is 353 g/mol. The molecule has 2 N–H and O–H groups in total. The third-order valence-electron chi connectivity index (χ3n) is 3.13. The van der Waals surface area contributed by atoms with Crippen molar-refractivity contribution in [2.75, 3.05) is 19.0 Å². The number of carbonyl (C=O) groups is 2. The highest BCUT2D eigenvalue weighted by Crippen LogP contribution is 2.29. The van der Waals surface area contributed by atoms with Crippen molar-refractivity contribution in [3.8, 4) is 11.5 Å². The molecule has 0 saturated carbocycles. The predicted molar refractivity (Wildman–Crippen MR) is 94.3 cm³/mol. The van der Waals surface area contributed by atoms with E-state index in [1.807, 2.05) is 20.8 Å². The van der Waals surface area contributed by atoms with Crippen LogP contribution in [-0.4, -0.2) is 42.4 Å². The molecule has 1 aromatic carbocycles. The van der Waals surface area contributed by atoms with Gasteiger partial charge in [0.2, 0.25) is 0 Å². The Kier molecular flexibility index (Phi) is 7.54. The smallest absolute Gasteiger partial charge is 0.325 e. The summed E-state index contributed by atoms with van der Waals surface area (Å²) >= 11 is 0. The largest absolute Gasteiger partial charge is 0.494 e. The number of ether oxygens (including phenoxy) is 3. The molecule has 0 bridgehead atoms. The lowest BCUT2D eigenvalue weighted by Gasteiger charge is -2.19. The molecule has 1 unspecified atom stereocenters. The fourth-order valence-electron chi connectivity index (χ4n) is 1.97. The van der Waals surface area contributed by atoms with Gasteiger partial charge in [0, 0.05) is 12.5 Å². The van der Waals surface area contributed by atoms with Gasteiger partial charge < -0.3 is 24.6 Å². The number of carbonyl (C=O) groups excluding carboxylic acids is 1. The van der Waals surface area contributed by atoms with Crippen LogP contribution in [0.5, 0.6) is 11.5 Å². The molecule has 25 heavy (non-hydrogen) atoms. The lowest BCUT2D eigenvalue weighted by Crippen LogP contribution is -2.25. The normalized spacial score (nSPS) is 12.2. The monoisotopic (exact) mass is 353 g/mol. The van der Waals surface area contributed by atoms with Crippen molar-refractivity contribution in [2.24, 2.45) is 0 Å². The molecule has 7 heteroatoms. The average Bonchev–Trinajstić information content (AvgIpc) is 2.50. The topological polar surface area (TPSA) is 94.1 Å². The third kappa shape index (κ3) is 7.78. The second-order valence-electron chi connectivity index (χ2n) is 6.60. The number of hydrogen-bond donors (Lipinski definition) is 2. The summed E-state index contributed by atoms with van der Waals surface area (Å²) in [6.45, 7) is 7.39. The predicted octanol–water partition coefficient (Wildman–Crippen LogP) is 3.08. The quantitative estimate of drug-likeness (QED) is 0.520. The summed E-state index contributed by atoms with van der Waals surface area (Å²) < 4.78 is 16.1. The Balaban J connectivity index is 2.52. The molecule has 1 aromatic rings. The Morgan fingerprint density at radius 1 is 1.28 bits per heavy atom. The summed E-state index contributed by atoms with van der Waals surface area (Å²) in [5, 5.41) is 11.8. The molecule has 0 aliphatic carbocycles. The minimum atomic E-state index is -0.954. The van der Waals surface area contributed by atoms with E-state index in [0.717, 1.165) is 0 Å². The van der Waals surface area contributed by atoms with Crippen LogP contribution in [0.1, 0.15) is 40.5 Å². The van der Waals surface area contributed by atoms with Gasteiger partial charge in [0.1, 0.15) is 23.1 Å². The number of carboxylic acid groups (broad SMARTS) is 1. The zero-order valence-electron chi connectivity index (χ0n) is 15.4. The van der Waals surface area contributed by atoms with Crippen LogP contribution in [0.15, 0.2) is 18.2 Å². The summed E-state index contributed by atoms with van der Waals surface area (Å²) in [7, 11) is 1.50. The van der Waals surface area contributed by atoms with Crippen LogP contribution in [0.2, 0.25) is 0 Å². The van der Waals surface area contributed by atoms with Crippen LogP contribution in [0.4, 0.5) is 5.69 Å². The van der Waals surface area contributed by atoms with Gasteiger partial charge in [-0.25, -0.2) is 0 Å². The molecule has 0 amide bonds. The van der Waals surface area contributed by atoms with E-state index >= 15 is 0 Å². The van der Waals surface area contributed by atoms with Gasteiger partial charge in [0.25, 0.3) is 0 Å². The molecule has 7 nitrogen and oxygen atoms in total. The molecule has 1 rings (SSSR count). The second kappa shape index (κ2) is 9.15. The summed E-state index contributed by atoms with van der Waals surface area (Å²) in [4.78, 5) is 22.5. The van der Waals surface area contributed by atoms with Crippen LogP contribution in [-0.2, 0) is 14.3 Å². The highest BCUT2D eigenvalue weighted by atomic mass is 16.6. The number of esters is 1. The molecule has 0 aromatic heterocycles. The Morgan fingerprint density at radius 3 is 2.52 bits per heavy atom. The van der Waals surface area contributed by atoms with E-state index in [1.165, 1.54) is 7.11 Å². The molecule has 0 fully saturated rings. The minimum Gasteiger partial charge on any atom is -0.494 e. The summed E-state index contributed by atoms with van der Waals surface area (Å²) in [6, 6.07) is 4.34. The van der Waals surface area contributed by atoms with Gasteiger partial charge in [-0.15, -0.1) is 0 Å². The molecule has 140 valence electrons. The van der Waals surface area contributed by atoms with Crippen molar-refractivity contribution in [3.05, 3.63) is 18.2 Å². The van der Waals surface area contributed by atoms with Gasteiger partial charge in [0.05, 0.1) is 19.4 Å². The van der Waals surface area contributed by atoms with Crippen LogP contribution in [0, 0.1) is 0 Å². The van der Waals surface area contributed by atoms with E-state index < -0.39 is 17.6 Å². The summed E-state index contributed by atoms with van der Waals surface area (Å²) in [6.07, 6.45) is 0.817. The zero-order chi connectivity index (χ0) is 19.0. The standard InChI is InChI=1S/C18H27NO6/c1-12(17(21)22)19-14-9-8-13(11-15(14)23-5)24-10-6-7-16(20)25-18(2,3)4/h8-9,11-12,19H,6-7,10H2,1-5H3,(H,21,22). The first-order valence-electron chi connectivity index (χ1n) is 8.14. The molecule has 0 heterocycles. The van der Waals surface area contributed by atoms with E-state index in [-0.39, 0.29) is 12.4 Å². The second-order valence-corrected chi connectivity index (χ2v) is 6.60. The number of rotatable bonds is 9. The number of hydrogen-bond acceptors (Lipinski definition) is 6. The molecule has 1 atom stereocenters. The SMILES string of the molecule is COc1cc(OCCCC(=O)OC(C)(C)C)ccc1NC(C)C(=O)O. The van der Waals surface area contributed by atoms with Crippen molar-refractivity contribution in [1.29, 1.82) is 0 Å². The van der Waals surface area contributed by atoms with Crippen molar-refractivity contribution >= 4 is 17.6 Å². The summed E-state index contributed by atoms with van der Waals surface area (Å²) in [5.74, 6) is -0.146. The van der Waals surface area contributed by atoms with E-state index in [0.29, 0.717) is 30.2 Å². The zero-order valence-corrected chi connectivity index (χ0v) is 15.4. The van der Waals surface area contributed by atoms with Crippen molar-refractivity contribution < 1.29 is 28.9 Å². The van der Waals surface area contributed by atoms with Crippen molar-refractivity contribution in [1.82, 2.24) is 0 Å². The first-order chi connectivity index (χ1) is 11.6. The molecular weight excluding hydrogens is 326 g/mol. The Hall–Kier alpha value is -2.44. The lowest BCUT2D eigenvalue weighted by atomic mass is 10.2. The molecule has 0 radical (unpaired) electrons. The summed E-state index contributed by atoms with van der Waals surface area (Å²) in [5.41, 5.74) is 0.0832. The maximum Gasteiger partial charge on any atom is 0.325 e. The Morgan fingerprint density at radius 2 is 1.96 bits per heavy atom. The van der Waals surface area contributed by atoms with Crippen LogP contribution in [0.25, 0.3) is 0 Å². The van der Waals surface area contributed by atoms with E-state index in [9.17, 15) is 9.59 Å². The van der Waals surface area contributed by atoms with Crippen molar-refractivity contribution in [3.63, 3.8) is 0 Å². The van der Waals surface area contributed by atoms with Gasteiger partial charge in [-0.3, -0.25) is 9.59 Å². The van der Waals surface area contributed by atoms with Crippen LogP contribution >= 0.6 is 0 Å². The van der Waals surface area contributed by atoms with Gasteiger partial charge in [-0.1, -0.05) is 0 Å². The first-order valence-corrected chi connectivity index (χ1v) is 8.14. The highest BCUT2D eigenvalue weighted by Gasteiger charge is 2.16. The molecule has 0 aliphatic rings. The Labute approximate surface area is 148 Å². The third-order valence-corrected chi connectivity index (χ3v) is 3.13. The molecule has 0 aliphatic heterocycles. The molecule has 0 saturated heterocycles. The molecule has 0 spiro atoms. The number of methoxy groups -OCH3 is 1. The fourth-order valence-corrected chi connectivity index (χ4v) is 1.97. The first kappa shape index (κ1) is 20.6. The van der Waals surface area contributed by atoms with Gasteiger partial charge in [-0.05, 0) is 46.2 Å². The Bertz CT molecular complexity index is 594. The highest BCUT2D eigenvalue weighted by molar-refractivity contribution is 5.78. The lowest BCUT2D eigenvalue weighted by molar-refractivity contribution is -0.155. The van der Waals surface area contributed by atoms with Crippen molar-refractivity contribution in [2.45, 2.75) is 52.2 Å². The maximum absolute atomic E-state index is 11.6. The van der Waals surface area contributed by atoms with Crippen LogP contribution < -0.4 is 14.8 Å². The fraction of sp³-hybridized carbons (Fsp3) is 0.556.